The molecule has 0 atom stereocenters. The summed E-state index contributed by atoms with van der Waals surface area (Å²) in [6.45, 7) is 5.89. The van der Waals surface area contributed by atoms with Crippen LogP contribution in [0.1, 0.15) is 19.3 Å². The molecule has 1 aromatic heterocycles. The number of anilines is 1. The van der Waals surface area contributed by atoms with Crippen LogP contribution >= 0.6 is 11.6 Å². The summed E-state index contributed by atoms with van der Waals surface area (Å²) in [5.41, 5.74) is 5.55. The van der Waals surface area contributed by atoms with Crippen molar-refractivity contribution in [2.24, 2.45) is 5.73 Å². The second-order valence-corrected chi connectivity index (χ2v) is 5.61. The van der Waals surface area contributed by atoms with E-state index in [1.165, 1.54) is 6.42 Å². The fourth-order valence-electron chi connectivity index (χ4n) is 2.55. The van der Waals surface area contributed by atoms with Crippen LogP contribution in [0.2, 0.25) is 5.02 Å². The molecule has 6 nitrogen and oxygen atoms in total. The maximum atomic E-state index is 6.23. The summed E-state index contributed by atoms with van der Waals surface area (Å²) in [4.78, 5) is 13.1. The van der Waals surface area contributed by atoms with E-state index in [2.05, 4.69) is 19.8 Å². The molecule has 2 rings (SSSR count). The molecule has 1 fully saturated rings. The quantitative estimate of drug-likeness (QED) is 0.801. The Balaban J connectivity index is 1.96. The standard InChI is InChI=1S/C14H24ClN5O/c1-21-14-17-11-12(15)13(18-14)20-8-4-7-19(9-10-20)6-3-2-5-16/h11H,2-10,16H2,1H3. The van der Waals surface area contributed by atoms with Crippen LogP contribution in [-0.4, -0.2) is 61.2 Å². The summed E-state index contributed by atoms with van der Waals surface area (Å²) < 4.78 is 5.09. The molecule has 0 unspecified atom stereocenters. The summed E-state index contributed by atoms with van der Waals surface area (Å²) in [7, 11) is 1.56. The van der Waals surface area contributed by atoms with Crippen molar-refractivity contribution in [3.8, 4) is 6.01 Å². The molecule has 7 heteroatoms. The monoisotopic (exact) mass is 313 g/mol. The fraction of sp³-hybridized carbons (Fsp3) is 0.714. The van der Waals surface area contributed by atoms with Gasteiger partial charge >= 0.3 is 6.01 Å². The van der Waals surface area contributed by atoms with Crippen LogP contribution in [0.25, 0.3) is 0 Å². The van der Waals surface area contributed by atoms with Crippen LogP contribution in [-0.2, 0) is 0 Å². The van der Waals surface area contributed by atoms with Crippen molar-refractivity contribution in [2.45, 2.75) is 19.3 Å². The van der Waals surface area contributed by atoms with Gasteiger partial charge in [-0.05, 0) is 38.9 Å². The molecule has 0 spiro atoms. The normalized spacial score (nSPS) is 16.8. The second-order valence-electron chi connectivity index (χ2n) is 5.21. The number of ether oxygens (including phenoxy) is 1. The van der Waals surface area contributed by atoms with Gasteiger partial charge in [0.15, 0.2) is 5.82 Å². The lowest BCUT2D eigenvalue weighted by Gasteiger charge is -2.23. The molecule has 2 N–H and O–H groups in total. The Morgan fingerprint density at radius 2 is 2.14 bits per heavy atom. The van der Waals surface area contributed by atoms with Gasteiger partial charge in [-0.25, -0.2) is 4.98 Å². The molecule has 1 aliphatic heterocycles. The number of methoxy groups -OCH3 is 1. The van der Waals surface area contributed by atoms with Gasteiger partial charge < -0.3 is 20.3 Å². The van der Waals surface area contributed by atoms with Crippen LogP contribution in [0.4, 0.5) is 5.82 Å². The zero-order valence-electron chi connectivity index (χ0n) is 12.6. The number of aromatic nitrogens is 2. The third-order valence-corrected chi connectivity index (χ3v) is 3.97. The first-order chi connectivity index (χ1) is 10.2. The van der Waals surface area contributed by atoms with Gasteiger partial charge in [0.1, 0.15) is 5.02 Å². The van der Waals surface area contributed by atoms with Gasteiger partial charge in [0.05, 0.1) is 13.3 Å². The number of hydrogen-bond acceptors (Lipinski definition) is 6. The van der Waals surface area contributed by atoms with Gasteiger partial charge in [0, 0.05) is 19.6 Å². The highest BCUT2D eigenvalue weighted by molar-refractivity contribution is 6.32. The van der Waals surface area contributed by atoms with E-state index in [4.69, 9.17) is 22.1 Å². The van der Waals surface area contributed by atoms with Crippen molar-refractivity contribution in [2.75, 3.05) is 51.3 Å². The Bertz CT molecular complexity index is 445. The highest BCUT2D eigenvalue weighted by Gasteiger charge is 2.18. The van der Waals surface area contributed by atoms with Crippen molar-refractivity contribution >= 4 is 17.4 Å². The van der Waals surface area contributed by atoms with Crippen LogP contribution in [0.15, 0.2) is 6.20 Å². The molecule has 21 heavy (non-hydrogen) atoms. The third-order valence-electron chi connectivity index (χ3n) is 3.70. The third kappa shape index (κ3) is 4.69. The Labute approximate surface area is 131 Å². The minimum absolute atomic E-state index is 0.360. The van der Waals surface area contributed by atoms with Gasteiger partial charge in [-0.3, -0.25) is 0 Å². The van der Waals surface area contributed by atoms with E-state index in [0.29, 0.717) is 11.0 Å². The molecule has 0 amide bonds. The zero-order chi connectivity index (χ0) is 15.1. The largest absolute Gasteiger partial charge is 0.467 e. The maximum Gasteiger partial charge on any atom is 0.318 e. The molecule has 1 aromatic rings. The van der Waals surface area contributed by atoms with E-state index in [1.807, 2.05) is 0 Å². The zero-order valence-corrected chi connectivity index (χ0v) is 13.3. The number of halogens is 1. The number of nitrogens with zero attached hydrogens (tertiary/aromatic N) is 4. The highest BCUT2D eigenvalue weighted by atomic mass is 35.5. The summed E-state index contributed by atoms with van der Waals surface area (Å²) >= 11 is 6.23. The predicted octanol–water partition coefficient (Wildman–Crippen LogP) is 1.39. The lowest BCUT2D eigenvalue weighted by atomic mass is 10.3. The van der Waals surface area contributed by atoms with Crippen LogP contribution < -0.4 is 15.4 Å². The van der Waals surface area contributed by atoms with Crippen molar-refractivity contribution in [1.29, 1.82) is 0 Å². The number of unbranched alkanes of at least 4 members (excludes halogenated alkanes) is 1. The van der Waals surface area contributed by atoms with Crippen molar-refractivity contribution in [3.63, 3.8) is 0 Å². The van der Waals surface area contributed by atoms with E-state index in [9.17, 15) is 0 Å². The van der Waals surface area contributed by atoms with Gasteiger partial charge in [-0.1, -0.05) is 11.6 Å². The predicted molar refractivity (Wildman–Crippen MR) is 85.2 cm³/mol. The highest BCUT2D eigenvalue weighted by Crippen LogP contribution is 2.25. The molecule has 2 heterocycles. The molecule has 0 aliphatic carbocycles. The first-order valence-electron chi connectivity index (χ1n) is 7.48. The summed E-state index contributed by atoms with van der Waals surface area (Å²) in [6.07, 6.45) is 4.96. The Kier molecular flexibility index (Phi) is 6.48. The number of nitrogens with two attached hydrogens (primary N) is 1. The van der Waals surface area contributed by atoms with E-state index in [1.54, 1.807) is 13.3 Å². The Morgan fingerprint density at radius 3 is 2.90 bits per heavy atom. The second kappa shape index (κ2) is 8.36. The van der Waals surface area contributed by atoms with Crippen LogP contribution in [0, 0.1) is 0 Å². The molecule has 1 saturated heterocycles. The summed E-state index contributed by atoms with van der Waals surface area (Å²) in [5.74, 6) is 0.771. The molecule has 0 radical (unpaired) electrons. The average molecular weight is 314 g/mol. The molecule has 0 aromatic carbocycles. The van der Waals surface area contributed by atoms with Gasteiger partial charge in [-0.2, -0.15) is 4.98 Å². The van der Waals surface area contributed by atoms with Gasteiger partial charge in [0.2, 0.25) is 0 Å². The number of hydrogen-bond donors (Lipinski definition) is 1. The van der Waals surface area contributed by atoms with Crippen LogP contribution in [0.3, 0.4) is 0 Å². The summed E-state index contributed by atoms with van der Waals surface area (Å²) in [6, 6.07) is 0.360. The van der Waals surface area contributed by atoms with E-state index < -0.39 is 0 Å². The molecular weight excluding hydrogens is 290 g/mol. The maximum absolute atomic E-state index is 6.23. The van der Waals surface area contributed by atoms with Gasteiger partial charge in [-0.15, -0.1) is 0 Å². The van der Waals surface area contributed by atoms with Crippen molar-refractivity contribution in [3.05, 3.63) is 11.2 Å². The first-order valence-corrected chi connectivity index (χ1v) is 7.86. The molecule has 0 saturated carbocycles. The van der Waals surface area contributed by atoms with E-state index >= 15 is 0 Å². The van der Waals surface area contributed by atoms with Crippen molar-refractivity contribution < 1.29 is 4.74 Å². The first kappa shape index (κ1) is 16.3. The van der Waals surface area contributed by atoms with Gasteiger partial charge in [0.25, 0.3) is 0 Å². The molecular formula is C14H24ClN5O. The van der Waals surface area contributed by atoms with Crippen molar-refractivity contribution in [1.82, 2.24) is 14.9 Å². The molecule has 0 bridgehead atoms. The summed E-state index contributed by atoms with van der Waals surface area (Å²) in [5, 5.41) is 0.576. The van der Waals surface area contributed by atoms with Crippen LogP contribution in [0.5, 0.6) is 6.01 Å². The Hall–Kier alpha value is -1.11. The molecule has 118 valence electrons. The fourth-order valence-corrected chi connectivity index (χ4v) is 2.76. The Morgan fingerprint density at radius 1 is 1.29 bits per heavy atom. The minimum atomic E-state index is 0.360. The smallest absolute Gasteiger partial charge is 0.318 e. The van der Waals surface area contributed by atoms with E-state index in [0.717, 1.165) is 57.9 Å². The molecule has 1 aliphatic rings. The average Bonchev–Trinajstić information content (AvgIpc) is 2.74. The SMILES string of the molecule is COc1ncc(Cl)c(N2CCCN(CCCCN)CC2)n1. The lowest BCUT2D eigenvalue weighted by molar-refractivity contribution is 0.288. The lowest BCUT2D eigenvalue weighted by Crippen LogP contribution is -2.32. The number of rotatable bonds is 6. The topological polar surface area (TPSA) is 67.5 Å². The minimum Gasteiger partial charge on any atom is -0.467 e. The van der Waals surface area contributed by atoms with E-state index in [-0.39, 0.29) is 0 Å².